The molecule has 5 nitrogen and oxygen atoms in total. The van der Waals surface area contributed by atoms with Crippen LogP contribution in [0.1, 0.15) is 42.4 Å². The molecule has 0 atom stereocenters. The number of aliphatic hydroxyl groups excluding tert-OH is 1. The maximum atomic E-state index is 9.44. The summed E-state index contributed by atoms with van der Waals surface area (Å²) in [6, 6.07) is 1.89. The largest absolute Gasteiger partial charge is 0.391 e. The van der Waals surface area contributed by atoms with E-state index in [1.54, 1.807) is 0 Å². The fourth-order valence-corrected chi connectivity index (χ4v) is 2.26. The Morgan fingerprint density at radius 3 is 2.26 bits per heavy atom. The first-order chi connectivity index (χ1) is 8.93. The zero-order valence-electron chi connectivity index (χ0n) is 11.5. The van der Waals surface area contributed by atoms with Gasteiger partial charge in [0.1, 0.15) is 5.15 Å². The molecule has 0 aliphatic carbocycles. The first-order valence-electron chi connectivity index (χ1n) is 6.14. The number of halogens is 1. The van der Waals surface area contributed by atoms with Gasteiger partial charge < -0.3 is 5.11 Å². The van der Waals surface area contributed by atoms with Crippen LogP contribution < -0.4 is 0 Å². The molecular weight excluding hydrogens is 264 g/mol. The molecule has 102 valence electrons. The Kier molecular flexibility index (Phi) is 3.87. The van der Waals surface area contributed by atoms with Crippen molar-refractivity contribution in [2.75, 3.05) is 0 Å². The van der Waals surface area contributed by atoms with Gasteiger partial charge in [0.25, 0.3) is 5.95 Å². The van der Waals surface area contributed by atoms with Gasteiger partial charge >= 0.3 is 0 Å². The number of hydrogen-bond acceptors (Lipinski definition) is 4. The normalized spacial score (nSPS) is 11.3. The molecule has 2 heterocycles. The van der Waals surface area contributed by atoms with Crippen LogP contribution in [0.15, 0.2) is 6.07 Å². The number of rotatable bonds is 3. The van der Waals surface area contributed by atoms with E-state index in [1.165, 1.54) is 4.68 Å². The van der Waals surface area contributed by atoms with Crippen molar-refractivity contribution in [3.05, 3.63) is 33.9 Å². The summed E-state index contributed by atoms with van der Waals surface area (Å²) in [6.07, 6.45) is 0. The van der Waals surface area contributed by atoms with E-state index in [-0.39, 0.29) is 12.5 Å². The molecular formula is C13H17ClN4O. The van der Waals surface area contributed by atoms with Gasteiger partial charge in [0.15, 0.2) is 0 Å². The summed E-state index contributed by atoms with van der Waals surface area (Å²) >= 11 is 6.27. The molecule has 2 aromatic heterocycles. The zero-order valence-corrected chi connectivity index (χ0v) is 12.2. The third-order valence-electron chi connectivity index (χ3n) is 2.82. The molecule has 0 unspecified atom stereocenters. The van der Waals surface area contributed by atoms with Crippen LogP contribution >= 0.6 is 11.6 Å². The van der Waals surface area contributed by atoms with E-state index in [1.807, 2.05) is 33.8 Å². The fourth-order valence-electron chi connectivity index (χ4n) is 1.99. The number of aliphatic hydroxyl groups is 1. The Hall–Kier alpha value is -1.46. The molecule has 0 spiro atoms. The topological polar surface area (TPSA) is 63.8 Å². The van der Waals surface area contributed by atoms with E-state index in [9.17, 15) is 5.11 Å². The van der Waals surface area contributed by atoms with Gasteiger partial charge in [-0.25, -0.2) is 9.97 Å². The van der Waals surface area contributed by atoms with Crippen molar-refractivity contribution < 1.29 is 5.11 Å². The molecule has 0 saturated heterocycles. The summed E-state index contributed by atoms with van der Waals surface area (Å²) < 4.78 is 1.49. The fraction of sp³-hybridized carbons (Fsp3) is 0.462. The van der Waals surface area contributed by atoms with Crippen LogP contribution in [0, 0.1) is 13.8 Å². The molecule has 1 N–H and O–H groups in total. The van der Waals surface area contributed by atoms with Crippen molar-refractivity contribution in [2.24, 2.45) is 0 Å². The second-order valence-corrected chi connectivity index (χ2v) is 5.19. The number of hydrogen-bond donors (Lipinski definition) is 1. The van der Waals surface area contributed by atoms with E-state index in [0.717, 1.165) is 17.1 Å². The lowest BCUT2D eigenvalue weighted by Crippen LogP contribution is -2.06. The average molecular weight is 281 g/mol. The Morgan fingerprint density at radius 1 is 1.26 bits per heavy atom. The summed E-state index contributed by atoms with van der Waals surface area (Å²) in [5.41, 5.74) is 3.12. The summed E-state index contributed by atoms with van der Waals surface area (Å²) in [7, 11) is 0. The molecule has 0 amide bonds. The van der Waals surface area contributed by atoms with Gasteiger partial charge in [-0.2, -0.15) is 9.78 Å². The molecule has 19 heavy (non-hydrogen) atoms. The highest BCUT2D eigenvalue weighted by molar-refractivity contribution is 6.30. The Balaban J connectivity index is 2.62. The minimum atomic E-state index is -0.142. The van der Waals surface area contributed by atoms with Gasteiger partial charge in [0.2, 0.25) is 0 Å². The van der Waals surface area contributed by atoms with Crippen LogP contribution in [0.4, 0.5) is 0 Å². The van der Waals surface area contributed by atoms with Crippen molar-refractivity contribution in [3.63, 3.8) is 0 Å². The molecule has 0 saturated carbocycles. The Labute approximate surface area is 117 Å². The molecule has 0 aliphatic rings. The Bertz CT molecular complexity index is 587. The van der Waals surface area contributed by atoms with E-state index in [2.05, 4.69) is 15.1 Å². The molecule has 0 fully saturated rings. The minimum absolute atomic E-state index is 0.142. The van der Waals surface area contributed by atoms with E-state index >= 15 is 0 Å². The van der Waals surface area contributed by atoms with Gasteiger partial charge in [0, 0.05) is 17.0 Å². The van der Waals surface area contributed by atoms with Gasteiger partial charge in [-0.15, -0.1) is 0 Å². The summed E-state index contributed by atoms with van der Waals surface area (Å²) in [5.74, 6) is 0.607. The standard InChI is InChI=1S/C13H17ClN4O/c1-7(2)11-10(6-19)12(14)18(17-11)13-15-8(3)5-9(4)16-13/h5,7,19H,6H2,1-4H3. The average Bonchev–Trinajstić information content (AvgIpc) is 2.65. The maximum absolute atomic E-state index is 9.44. The summed E-state index contributed by atoms with van der Waals surface area (Å²) in [4.78, 5) is 8.67. The molecule has 0 radical (unpaired) electrons. The van der Waals surface area contributed by atoms with Gasteiger partial charge in [0.05, 0.1) is 12.3 Å². The van der Waals surface area contributed by atoms with Crippen LogP contribution in [0.2, 0.25) is 5.15 Å². The second-order valence-electron chi connectivity index (χ2n) is 4.83. The van der Waals surface area contributed by atoms with E-state index < -0.39 is 0 Å². The summed E-state index contributed by atoms with van der Waals surface area (Å²) in [6.45, 7) is 7.66. The predicted molar refractivity (Wildman–Crippen MR) is 73.6 cm³/mol. The molecule has 6 heteroatoms. The lowest BCUT2D eigenvalue weighted by Gasteiger charge is -2.04. The molecule has 2 rings (SSSR count). The van der Waals surface area contributed by atoms with Crippen molar-refractivity contribution in [1.29, 1.82) is 0 Å². The third-order valence-corrected chi connectivity index (χ3v) is 3.21. The molecule has 0 bridgehead atoms. The lowest BCUT2D eigenvalue weighted by molar-refractivity contribution is 0.280. The third kappa shape index (κ3) is 2.62. The highest BCUT2D eigenvalue weighted by Crippen LogP contribution is 2.27. The second kappa shape index (κ2) is 5.27. The maximum Gasteiger partial charge on any atom is 0.252 e. The SMILES string of the molecule is Cc1cc(C)nc(-n2nc(C(C)C)c(CO)c2Cl)n1. The number of aryl methyl sites for hydroxylation is 2. The monoisotopic (exact) mass is 280 g/mol. The van der Waals surface area contributed by atoms with Crippen molar-refractivity contribution >= 4 is 11.6 Å². The Morgan fingerprint density at radius 2 is 1.84 bits per heavy atom. The van der Waals surface area contributed by atoms with Crippen LogP contribution in [0.3, 0.4) is 0 Å². The highest BCUT2D eigenvalue weighted by atomic mass is 35.5. The quantitative estimate of drug-likeness (QED) is 0.938. The van der Waals surface area contributed by atoms with Crippen molar-refractivity contribution in [1.82, 2.24) is 19.7 Å². The van der Waals surface area contributed by atoms with Gasteiger partial charge in [-0.3, -0.25) is 0 Å². The molecule has 0 aliphatic heterocycles. The van der Waals surface area contributed by atoms with Gasteiger partial charge in [-0.1, -0.05) is 25.4 Å². The molecule has 2 aromatic rings. The van der Waals surface area contributed by atoms with Crippen LogP contribution in [-0.4, -0.2) is 24.9 Å². The number of aromatic nitrogens is 4. The molecule has 0 aromatic carbocycles. The zero-order chi connectivity index (χ0) is 14.2. The smallest absolute Gasteiger partial charge is 0.252 e. The van der Waals surface area contributed by atoms with Crippen LogP contribution in [0.25, 0.3) is 5.95 Å². The minimum Gasteiger partial charge on any atom is -0.391 e. The van der Waals surface area contributed by atoms with E-state index in [0.29, 0.717) is 16.7 Å². The van der Waals surface area contributed by atoms with Crippen molar-refractivity contribution in [3.8, 4) is 5.95 Å². The van der Waals surface area contributed by atoms with Gasteiger partial charge in [-0.05, 0) is 25.8 Å². The predicted octanol–water partition coefficient (Wildman–Crippen LogP) is 2.55. The number of nitrogens with zero attached hydrogens (tertiary/aromatic N) is 4. The highest BCUT2D eigenvalue weighted by Gasteiger charge is 2.20. The van der Waals surface area contributed by atoms with Crippen LogP contribution in [0.5, 0.6) is 0 Å². The first-order valence-corrected chi connectivity index (χ1v) is 6.52. The van der Waals surface area contributed by atoms with Crippen molar-refractivity contribution in [2.45, 2.75) is 40.2 Å². The van der Waals surface area contributed by atoms with E-state index in [4.69, 9.17) is 11.6 Å². The first kappa shape index (κ1) is 14.0. The lowest BCUT2D eigenvalue weighted by atomic mass is 10.1. The van der Waals surface area contributed by atoms with Crippen LogP contribution in [-0.2, 0) is 6.61 Å². The summed E-state index contributed by atoms with van der Waals surface area (Å²) in [5, 5.41) is 14.2.